The molecular weight excluding hydrogens is 1750 g/mol. The Hall–Kier alpha value is -6.24. The third-order valence-corrected chi connectivity index (χ3v) is 24.8. The van der Waals surface area contributed by atoms with Gasteiger partial charge in [-0.2, -0.15) is 0 Å². The van der Waals surface area contributed by atoms with E-state index < -0.39 is 0 Å². The van der Waals surface area contributed by atoms with Crippen LogP contribution in [0.1, 0.15) is 412 Å². The van der Waals surface area contributed by atoms with Gasteiger partial charge in [0.05, 0.1) is 79.3 Å². The summed E-state index contributed by atoms with van der Waals surface area (Å²) < 4.78 is 68.4. The number of aliphatic hydroxyl groups excluding tert-OH is 3. The molecule has 141 heavy (non-hydrogen) atoms. The van der Waals surface area contributed by atoms with Crippen LogP contribution in [0.2, 0.25) is 0 Å². The molecule has 3 unspecified atom stereocenters. The molecule has 0 heterocycles. The van der Waals surface area contributed by atoms with Crippen molar-refractivity contribution in [2.45, 2.75) is 412 Å². The van der Waals surface area contributed by atoms with E-state index in [1.165, 1.54) is 284 Å². The largest absolute Gasteiger partial charge is 0.494 e. The van der Waals surface area contributed by atoms with Gasteiger partial charge in [-0.15, -0.1) is 0 Å². The summed E-state index contributed by atoms with van der Waals surface area (Å²) in [6.07, 6.45) is 62.1. The summed E-state index contributed by atoms with van der Waals surface area (Å²) in [4.78, 5) is 0. The lowest BCUT2D eigenvalue weighted by Gasteiger charge is -2.13. The highest BCUT2D eigenvalue weighted by Gasteiger charge is 2.12. The molecule has 6 rings (SSSR count). The van der Waals surface area contributed by atoms with E-state index in [4.69, 9.17) is 72.2 Å². The Bertz CT molecular complexity index is 3430. The number of unbranched alkanes of at least 4 members (excludes halogenated alkanes) is 36. The lowest BCUT2D eigenvalue weighted by atomic mass is 10.0. The lowest BCUT2D eigenvalue weighted by Crippen LogP contribution is -2.08. The Morgan fingerprint density at radius 3 is 0.475 bits per heavy atom. The molecule has 3 atom stereocenters. The van der Waals surface area contributed by atoms with Crippen molar-refractivity contribution in [2.75, 3.05) is 139 Å². The fourth-order valence-corrected chi connectivity index (χ4v) is 15.6. The molecule has 0 spiro atoms. The molecule has 0 amide bonds. The molecule has 0 saturated carbocycles. The van der Waals surface area contributed by atoms with Crippen LogP contribution in [0.3, 0.4) is 0 Å². The highest BCUT2D eigenvalue weighted by Crippen LogP contribution is 2.30. The molecule has 6 aromatic rings. The van der Waals surface area contributed by atoms with Gasteiger partial charge < -0.3 is 72.2 Å². The minimum atomic E-state index is 0.132. The second-order valence-electron chi connectivity index (χ2n) is 40.4. The molecule has 15 heteroatoms. The number of aliphatic hydroxyl groups is 3. The molecule has 15 nitrogen and oxygen atoms in total. The van der Waals surface area contributed by atoms with Gasteiger partial charge in [-0.1, -0.05) is 408 Å². The third-order valence-electron chi connectivity index (χ3n) is 24.8. The number of benzene rings is 6. The number of hydrogen-bond acceptors (Lipinski definition) is 15. The van der Waals surface area contributed by atoms with Crippen molar-refractivity contribution in [3.8, 4) is 67.9 Å². The first-order chi connectivity index (χ1) is 69.0. The van der Waals surface area contributed by atoms with Gasteiger partial charge in [0, 0.05) is 59.5 Å². The molecule has 6 aromatic carbocycles. The maximum atomic E-state index is 8.25. The van der Waals surface area contributed by atoms with E-state index in [1.807, 2.05) is 0 Å². The lowest BCUT2D eigenvalue weighted by molar-refractivity contribution is 0.0752. The minimum Gasteiger partial charge on any atom is -0.494 e. The van der Waals surface area contributed by atoms with Crippen LogP contribution in [-0.4, -0.2) is 154 Å². The average Bonchev–Trinajstić information content (AvgIpc) is 0.862. The van der Waals surface area contributed by atoms with Gasteiger partial charge >= 0.3 is 0 Å². The van der Waals surface area contributed by atoms with Gasteiger partial charge in [-0.25, -0.2) is 0 Å². The summed E-state index contributed by atoms with van der Waals surface area (Å²) in [5.41, 5.74) is 7.21. The summed E-state index contributed by atoms with van der Waals surface area (Å²) in [5, 5.41) is 24.8. The fraction of sp³-hybridized carbons (Fsp3) is 0.714. The molecule has 0 aromatic heterocycles. The van der Waals surface area contributed by atoms with Crippen molar-refractivity contribution in [1.82, 2.24) is 0 Å². The first-order valence-corrected chi connectivity index (χ1v) is 57.7. The third kappa shape index (κ3) is 85.5. The number of ether oxygens (including phenoxy) is 12. The molecule has 0 aliphatic heterocycles. The van der Waals surface area contributed by atoms with Crippen molar-refractivity contribution in [3.05, 3.63) is 146 Å². The average molecular weight is 1970 g/mol. The second kappa shape index (κ2) is 101. The van der Waals surface area contributed by atoms with Gasteiger partial charge in [0.15, 0.2) is 0 Å². The molecular formula is C126H216O15. The first-order valence-electron chi connectivity index (χ1n) is 57.7. The summed E-state index contributed by atoms with van der Waals surface area (Å²) in [5.74, 6) is 9.26. The quantitative estimate of drug-likeness (QED) is 0.0308. The van der Waals surface area contributed by atoms with E-state index in [2.05, 4.69) is 249 Å². The van der Waals surface area contributed by atoms with Gasteiger partial charge in [0.2, 0.25) is 0 Å². The molecule has 0 saturated heterocycles. The van der Waals surface area contributed by atoms with E-state index in [1.54, 1.807) is 0 Å². The molecule has 0 bridgehead atoms. The van der Waals surface area contributed by atoms with Crippen LogP contribution < -0.4 is 28.4 Å². The standard InChI is InChI=1S/C38H62O3.C36H58O3.C34H54O3.3C6H14O2/c1-4-6-8-10-12-14-16-18-30-39-32-28-34(3)29-33-41-38-26-22-36(23-27-38)35-20-24-37(25-21-35)40-31-19-17-15-13-11-9-7-5-2;1-4-6-8-10-12-13-14-16-28-37-30-26-32(3)27-31-39-36-24-20-34(21-25-36)33-18-22-35(23-19-33)38-29-17-15-11-9-7-5-2;1-4-6-8-10-12-14-26-35-28-24-30(3)25-29-37-34-22-18-32(19-23-34)31-16-20-33(21-17-31)36-27-15-13-11-9-7-5-2;3*1-6(2)5-8-4-3-7/h20-27,34H,4-19,28-33H2,1-3H3;18-25,32H,4-17,26-31H2,1-3H3;16-23,30H,4-15,24-29H2,1-3H3;3*6-7H,3-5H2,1-2H3. The zero-order valence-electron chi connectivity index (χ0n) is 93.4. The monoisotopic (exact) mass is 1970 g/mol. The van der Waals surface area contributed by atoms with Crippen molar-refractivity contribution in [3.63, 3.8) is 0 Å². The topological polar surface area (TPSA) is 171 Å². The number of hydrogen-bond donors (Lipinski definition) is 3. The van der Waals surface area contributed by atoms with Crippen LogP contribution in [-0.2, 0) is 28.4 Å². The maximum absolute atomic E-state index is 8.25. The summed E-state index contributed by atoms with van der Waals surface area (Å²) in [7, 11) is 0. The predicted octanol–water partition coefficient (Wildman–Crippen LogP) is 35.1. The van der Waals surface area contributed by atoms with E-state index >= 15 is 0 Å². The van der Waals surface area contributed by atoms with Crippen LogP contribution in [0.5, 0.6) is 34.5 Å². The molecule has 0 radical (unpaired) electrons. The van der Waals surface area contributed by atoms with Crippen LogP contribution in [0.25, 0.3) is 33.4 Å². The normalized spacial score (nSPS) is 11.7. The van der Waals surface area contributed by atoms with Crippen LogP contribution in [0.4, 0.5) is 0 Å². The smallest absolute Gasteiger partial charge is 0.119 e. The minimum absolute atomic E-state index is 0.132. The highest BCUT2D eigenvalue weighted by molar-refractivity contribution is 5.67. The molecule has 0 aliphatic carbocycles. The number of rotatable bonds is 87. The van der Waals surface area contributed by atoms with Gasteiger partial charge in [-0.3, -0.25) is 0 Å². The Labute approximate surface area is 866 Å². The first kappa shape index (κ1) is 133. The van der Waals surface area contributed by atoms with Crippen LogP contribution >= 0.6 is 0 Å². The zero-order chi connectivity index (χ0) is 103. The second-order valence-corrected chi connectivity index (χ2v) is 40.4. The molecule has 0 fully saturated rings. The Balaban J connectivity index is 0.000000941. The van der Waals surface area contributed by atoms with Gasteiger partial charge in [0.25, 0.3) is 0 Å². The zero-order valence-corrected chi connectivity index (χ0v) is 93.4. The Morgan fingerprint density at radius 2 is 0.312 bits per heavy atom. The highest BCUT2D eigenvalue weighted by atomic mass is 16.5. The van der Waals surface area contributed by atoms with Crippen LogP contribution in [0.15, 0.2) is 146 Å². The van der Waals surface area contributed by atoms with Crippen molar-refractivity contribution >= 4 is 0 Å². The van der Waals surface area contributed by atoms with Gasteiger partial charge in [0.1, 0.15) is 34.5 Å². The van der Waals surface area contributed by atoms with Gasteiger partial charge in [-0.05, 0) is 219 Å². The summed E-state index contributed by atoms with van der Waals surface area (Å²) in [6.45, 7) is 47.1. The van der Waals surface area contributed by atoms with E-state index in [9.17, 15) is 0 Å². The van der Waals surface area contributed by atoms with E-state index in [0.29, 0.717) is 55.3 Å². The van der Waals surface area contributed by atoms with Crippen molar-refractivity contribution in [2.24, 2.45) is 35.5 Å². The molecule has 810 valence electrons. The van der Waals surface area contributed by atoms with Crippen LogP contribution in [0, 0.1) is 35.5 Å². The maximum Gasteiger partial charge on any atom is 0.119 e. The Kier molecular flexibility index (Phi) is 95.1. The Morgan fingerprint density at radius 1 is 0.163 bits per heavy atom. The molecule has 0 aliphatic rings. The van der Waals surface area contributed by atoms with E-state index in [-0.39, 0.29) is 19.8 Å². The van der Waals surface area contributed by atoms with Crippen molar-refractivity contribution in [1.29, 1.82) is 0 Å². The summed E-state index contributed by atoms with van der Waals surface area (Å²) in [6, 6.07) is 50.7. The SMILES string of the molecule is CC(C)COCCO.CC(C)COCCO.CC(C)COCCO.CCCCCCCCCCOCCC(C)CCOc1ccc(-c2ccc(OCCCCCCCC)cc2)cc1.CCCCCCCCCCOCCC(C)CCOc1ccc(-c2ccc(OCCCCCCCCCC)cc2)cc1.CCCCCCCCOCCC(C)CCOc1ccc(-c2ccc(OCCCCCCCC)cc2)cc1. The molecule has 3 N–H and O–H groups in total. The predicted molar refractivity (Wildman–Crippen MR) is 602 cm³/mol. The van der Waals surface area contributed by atoms with E-state index in [0.717, 1.165) is 191 Å². The van der Waals surface area contributed by atoms with Crippen molar-refractivity contribution < 1.29 is 72.2 Å². The summed E-state index contributed by atoms with van der Waals surface area (Å²) >= 11 is 0. The fourth-order valence-electron chi connectivity index (χ4n) is 15.6.